The Morgan fingerprint density at radius 1 is 1.00 bits per heavy atom. The molecule has 24 heavy (non-hydrogen) atoms. The molecule has 7 heteroatoms. The minimum Gasteiger partial charge on any atom is -0.450 e. The zero-order valence-corrected chi connectivity index (χ0v) is 13.0. The number of carbonyl (C=O) groups is 1. The summed E-state index contributed by atoms with van der Waals surface area (Å²) in [6, 6.07) is 11.9. The predicted molar refractivity (Wildman–Crippen MR) is 85.9 cm³/mol. The molecule has 4 nitrogen and oxygen atoms in total. The van der Waals surface area contributed by atoms with Crippen LogP contribution in [0, 0.1) is 0 Å². The van der Waals surface area contributed by atoms with Crippen LogP contribution in [-0.2, 0) is 17.5 Å². The molecule has 2 N–H and O–H groups in total. The van der Waals surface area contributed by atoms with E-state index in [1.54, 1.807) is 31.2 Å². The van der Waals surface area contributed by atoms with E-state index in [0.29, 0.717) is 24.5 Å². The Labute approximate surface area is 137 Å². The fourth-order valence-electron chi connectivity index (χ4n) is 1.97. The molecule has 0 aromatic heterocycles. The number of amides is 1. The molecule has 0 atom stereocenters. The van der Waals surface area contributed by atoms with E-state index in [1.807, 2.05) is 0 Å². The highest BCUT2D eigenvalue weighted by atomic mass is 19.4. The zero-order valence-electron chi connectivity index (χ0n) is 13.0. The Kier molecular flexibility index (Phi) is 5.68. The van der Waals surface area contributed by atoms with E-state index in [2.05, 4.69) is 10.6 Å². The van der Waals surface area contributed by atoms with E-state index in [0.717, 1.165) is 17.7 Å². The van der Waals surface area contributed by atoms with Gasteiger partial charge >= 0.3 is 12.3 Å². The van der Waals surface area contributed by atoms with Gasteiger partial charge in [0.1, 0.15) is 0 Å². The first-order chi connectivity index (χ1) is 11.4. The summed E-state index contributed by atoms with van der Waals surface area (Å²) in [5.41, 5.74) is 1.44. The second kappa shape index (κ2) is 7.72. The Morgan fingerprint density at radius 3 is 2.12 bits per heavy atom. The van der Waals surface area contributed by atoms with E-state index in [-0.39, 0.29) is 0 Å². The van der Waals surface area contributed by atoms with Crippen LogP contribution in [0.3, 0.4) is 0 Å². The minimum absolute atomic E-state index is 0.293. The molecule has 128 valence electrons. The van der Waals surface area contributed by atoms with E-state index in [9.17, 15) is 18.0 Å². The number of benzene rings is 2. The predicted octanol–water partition coefficient (Wildman–Crippen LogP) is 4.89. The topological polar surface area (TPSA) is 50.4 Å². The molecular weight excluding hydrogens is 321 g/mol. The van der Waals surface area contributed by atoms with Crippen molar-refractivity contribution in [3.05, 3.63) is 59.7 Å². The van der Waals surface area contributed by atoms with Gasteiger partial charge in [0, 0.05) is 17.9 Å². The summed E-state index contributed by atoms with van der Waals surface area (Å²) in [7, 11) is 0. The lowest BCUT2D eigenvalue weighted by Gasteiger charge is -2.10. The van der Waals surface area contributed by atoms with Gasteiger partial charge in [-0.25, -0.2) is 4.79 Å². The first-order valence-electron chi connectivity index (χ1n) is 7.32. The minimum atomic E-state index is -4.33. The molecule has 0 saturated carbocycles. The first-order valence-corrected chi connectivity index (χ1v) is 7.32. The van der Waals surface area contributed by atoms with Crippen LogP contribution in [-0.4, -0.2) is 12.7 Å². The third-order valence-electron chi connectivity index (χ3n) is 3.18. The van der Waals surface area contributed by atoms with Gasteiger partial charge in [0.25, 0.3) is 0 Å². The maximum Gasteiger partial charge on any atom is 0.416 e. The fraction of sp³-hybridized carbons (Fsp3) is 0.235. The van der Waals surface area contributed by atoms with Crippen molar-refractivity contribution in [2.24, 2.45) is 0 Å². The number of anilines is 2. The highest BCUT2D eigenvalue weighted by Gasteiger charge is 2.29. The molecule has 0 aliphatic carbocycles. The molecule has 0 saturated heterocycles. The van der Waals surface area contributed by atoms with Gasteiger partial charge in [-0.3, -0.25) is 5.32 Å². The Morgan fingerprint density at radius 2 is 1.58 bits per heavy atom. The first kappa shape index (κ1) is 17.7. The van der Waals surface area contributed by atoms with Gasteiger partial charge in [-0.05, 0) is 48.9 Å². The second-order valence-electron chi connectivity index (χ2n) is 4.97. The molecule has 0 aliphatic rings. The van der Waals surface area contributed by atoms with Gasteiger partial charge in [0.15, 0.2) is 0 Å². The average Bonchev–Trinajstić information content (AvgIpc) is 2.54. The average molecular weight is 338 g/mol. The van der Waals surface area contributed by atoms with Crippen molar-refractivity contribution in [3.63, 3.8) is 0 Å². The van der Waals surface area contributed by atoms with Crippen LogP contribution in [0.2, 0.25) is 0 Å². The lowest BCUT2D eigenvalue weighted by molar-refractivity contribution is -0.137. The van der Waals surface area contributed by atoms with Crippen LogP contribution >= 0.6 is 0 Å². The summed E-state index contributed by atoms with van der Waals surface area (Å²) in [6.45, 7) is 2.46. The SMILES string of the molecule is CCOC(=O)Nc1ccc(CNc2ccc(C(F)(F)F)cc2)cc1. The maximum atomic E-state index is 12.5. The fourth-order valence-corrected chi connectivity index (χ4v) is 1.97. The van der Waals surface area contributed by atoms with E-state index < -0.39 is 17.8 Å². The van der Waals surface area contributed by atoms with Gasteiger partial charge in [0.05, 0.1) is 12.2 Å². The number of hydrogen-bond donors (Lipinski definition) is 2. The van der Waals surface area contributed by atoms with Gasteiger partial charge in [-0.1, -0.05) is 12.1 Å². The number of hydrogen-bond acceptors (Lipinski definition) is 3. The van der Waals surface area contributed by atoms with Crippen LogP contribution in [0.15, 0.2) is 48.5 Å². The zero-order chi connectivity index (χ0) is 17.6. The quantitative estimate of drug-likeness (QED) is 0.816. The van der Waals surface area contributed by atoms with E-state index >= 15 is 0 Å². The summed E-state index contributed by atoms with van der Waals surface area (Å²) in [5.74, 6) is 0. The van der Waals surface area contributed by atoms with Gasteiger partial charge in [0.2, 0.25) is 0 Å². The molecule has 0 radical (unpaired) electrons. The normalized spacial score (nSPS) is 11.0. The van der Waals surface area contributed by atoms with Crippen molar-refractivity contribution in [2.75, 3.05) is 17.2 Å². The van der Waals surface area contributed by atoms with Crippen molar-refractivity contribution in [3.8, 4) is 0 Å². The highest BCUT2D eigenvalue weighted by molar-refractivity contribution is 5.84. The molecule has 0 spiro atoms. The van der Waals surface area contributed by atoms with Gasteiger partial charge in [-0.2, -0.15) is 13.2 Å². The lowest BCUT2D eigenvalue weighted by Crippen LogP contribution is -2.13. The molecular formula is C17H17F3N2O2. The Hall–Kier alpha value is -2.70. The molecule has 0 heterocycles. The highest BCUT2D eigenvalue weighted by Crippen LogP contribution is 2.29. The number of carbonyl (C=O) groups excluding carboxylic acids is 1. The third kappa shape index (κ3) is 5.19. The number of halogens is 3. The molecule has 2 aromatic rings. The molecule has 0 bridgehead atoms. The maximum absolute atomic E-state index is 12.5. The van der Waals surface area contributed by atoms with Crippen molar-refractivity contribution in [1.29, 1.82) is 0 Å². The smallest absolute Gasteiger partial charge is 0.416 e. The van der Waals surface area contributed by atoms with Crippen LogP contribution in [0.4, 0.5) is 29.3 Å². The van der Waals surface area contributed by atoms with Crippen molar-refractivity contribution >= 4 is 17.5 Å². The van der Waals surface area contributed by atoms with Crippen molar-refractivity contribution in [1.82, 2.24) is 0 Å². The Bertz CT molecular complexity index is 668. The number of ether oxygens (including phenoxy) is 1. The Balaban J connectivity index is 1.89. The summed E-state index contributed by atoms with van der Waals surface area (Å²) in [4.78, 5) is 11.3. The summed E-state index contributed by atoms with van der Waals surface area (Å²) < 4.78 is 42.2. The van der Waals surface area contributed by atoms with E-state index in [4.69, 9.17) is 4.74 Å². The molecule has 2 rings (SSSR count). The van der Waals surface area contributed by atoms with Gasteiger partial charge in [-0.15, -0.1) is 0 Å². The monoisotopic (exact) mass is 338 g/mol. The molecule has 2 aromatic carbocycles. The summed E-state index contributed by atoms with van der Waals surface area (Å²) in [5, 5.41) is 5.62. The van der Waals surface area contributed by atoms with Gasteiger partial charge < -0.3 is 10.1 Å². The van der Waals surface area contributed by atoms with Crippen molar-refractivity contribution < 1.29 is 22.7 Å². The standard InChI is InChI=1S/C17H17F3N2O2/c1-2-24-16(23)22-15-7-3-12(4-8-15)11-21-14-9-5-13(6-10-14)17(18,19)20/h3-10,21H,2,11H2,1H3,(H,22,23). The molecule has 0 aliphatic heterocycles. The van der Waals surface area contributed by atoms with E-state index in [1.165, 1.54) is 12.1 Å². The van der Waals surface area contributed by atoms with Crippen LogP contribution in [0.5, 0.6) is 0 Å². The van der Waals surface area contributed by atoms with Crippen molar-refractivity contribution in [2.45, 2.75) is 19.6 Å². The number of rotatable bonds is 5. The summed E-state index contributed by atoms with van der Waals surface area (Å²) >= 11 is 0. The third-order valence-corrected chi connectivity index (χ3v) is 3.18. The number of nitrogens with one attached hydrogen (secondary N) is 2. The molecule has 1 amide bonds. The second-order valence-corrected chi connectivity index (χ2v) is 4.97. The summed E-state index contributed by atoms with van der Waals surface area (Å²) in [6.07, 6.45) is -4.85. The van der Waals surface area contributed by atoms with Crippen LogP contribution < -0.4 is 10.6 Å². The molecule has 0 fully saturated rings. The number of alkyl halides is 3. The lowest BCUT2D eigenvalue weighted by atomic mass is 10.1. The van der Waals surface area contributed by atoms with Crippen LogP contribution in [0.1, 0.15) is 18.1 Å². The largest absolute Gasteiger partial charge is 0.450 e. The van der Waals surface area contributed by atoms with Crippen LogP contribution in [0.25, 0.3) is 0 Å². The molecule has 0 unspecified atom stereocenters.